The Morgan fingerprint density at radius 3 is 2.76 bits per heavy atom. The summed E-state index contributed by atoms with van der Waals surface area (Å²) in [6.07, 6.45) is 0. The second-order valence-corrected chi connectivity index (χ2v) is 4.42. The van der Waals surface area contributed by atoms with Crippen molar-refractivity contribution in [3.05, 3.63) is 50.5 Å². The number of hydrogen-bond donors (Lipinski definition) is 1. The van der Waals surface area contributed by atoms with Crippen molar-refractivity contribution >= 4 is 27.5 Å². The predicted molar refractivity (Wildman–Crippen MR) is 67.9 cm³/mol. The van der Waals surface area contributed by atoms with E-state index in [1.54, 1.807) is 6.92 Å². The molecule has 1 rings (SSSR count). The van der Waals surface area contributed by atoms with Crippen molar-refractivity contribution in [2.24, 2.45) is 0 Å². The summed E-state index contributed by atoms with van der Waals surface area (Å²) < 4.78 is 0.516. The summed E-state index contributed by atoms with van der Waals surface area (Å²) in [5, 5.41) is 13.2. The number of carbonyl (C=O) groups is 1. The van der Waals surface area contributed by atoms with Gasteiger partial charge in [0.25, 0.3) is 11.6 Å². The Balaban J connectivity index is 2.95. The number of hydrogen-bond acceptors (Lipinski definition) is 3. The summed E-state index contributed by atoms with van der Waals surface area (Å²) in [7, 11) is 0. The van der Waals surface area contributed by atoms with E-state index in [9.17, 15) is 14.9 Å². The smallest absolute Gasteiger partial charge is 0.270 e. The number of nitrogens with one attached hydrogen (secondary N) is 1. The van der Waals surface area contributed by atoms with Crippen LogP contribution < -0.4 is 5.32 Å². The van der Waals surface area contributed by atoms with Crippen molar-refractivity contribution < 1.29 is 9.72 Å². The number of halogens is 1. The summed E-state index contributed by atoms with van der Waals surface area (Å²) in [6.45, 7) is 5.78. The quantitative estimate of drug-likeness (QED) is 0.528. The molecule has 0 saturated heterocycles. The van der Waals surface area contributed by atoms with Crippen LogP contribution in [0.25, 0.3) is 0 Å². The van der Waals surface area contributed by atoms with Crippen LogP contribution >= 0.6 is 15.9 Å². The molecule has 0 saturated carbocycles. The van der Waals surface area contributed by atoms with E-state index in [1.165, 1.54) is 18.2 Å². The van der Waals surface area contributed by atoms with Crippen LogP contribution in [0.2, 0.25) is 0 Å². The van der Waals surface area contributed by atoms with Gasteiger partial charge in [0, 0.05) is 23.2 Å². The number of non-ortho nitro benzene ring substituents is 1. The van der Waals surface area contributed by atoms with Crippen molar-refractivity contribution in [3.63, 3.8) is 0 Å². The van der Waals surface area contributed by atoms with E-state index in [0.29, 0.717) is 11.0 Å². The molecule has 17 heavy (non-hydrogen) atoms. The molecule has 0 unspecified atom stereocenters. The normalized spacial score (nSPS) is 9.76. The van der Waals surface area contributed by atoms with Gasteiger partial charge in [0.15, 0.2) is 0 Å². The van der Waals surface area contributed by atoms with Crippen LogP contribution in [0.4, 0.5) is 5.69 Å². The number of nitro groups is 1. The molecule has 0 fully saturated rings. The molecule has 0 aliphatic carbocycles. The highest BCUT2D eigenvalue weighted by Gasteiger charge is 2.14. The molecule has 0 aromatic heterocycles. The lowest BCUT2D eigenvalue weighted by Crippen LogP contribution is -2.25. The summed E-state index contributed by atoms with van der Waals surface area (Å²) >= 11 is 3.18. The van der Waals surface area contributed by atoms with E-state index in [4.69, 9.17) is 0 Å². The number of benzene rings is 1. The molecule has 0 aliphatic heterocycles. The zero-order valence-corrected chi connectivity index (χ0v) is 10.8. The zero-order chi connectivity index (χ0) is 13.0. The zero-order valence-electron chi connectivity index (χ0n) is 9.20. The molecule has 1 amide bonds. The Labute approximate surface area is 107 Å². The fourth-order valence-corrected chi connectivity index (χ4v) is 1.55. The van der Waals surface area contributed by atoms with Gasteiger partial charge in [-0.25, -0.2) is 0 Å². The van der Waals surface area contributed by atoms with Crippen LogP contribution in [-0.4, -0.2) is 17.4 Å². The number of nitro benzene ring substituents is 1. The largest absolute Gasteiger partial charge is 0.348 e. The molecule has 1 aromatic rings. The van der Waals surface area contributed by atoms with Gasteiger partial charge in [-0.2, -0.15) is 0 Å². The molecule has 0 aliphatic rings. The fraction of sp³-hybridized carbons (Fsp3) is 0.182. The van der Waals surface area contributed by atoms with Gasteiger partial charge >= 0.3 is 0 Å². The first kappa shape index (κ1) is 13.4. The third-order valence-corrected chi connectivity index (χ3v) is 2.65. The summed E-state index contributed by atoms with van der Waals surface area (Å²) in [5.74, 6) is -0.372. The van der Waals surface area contributed by atoms with Crippen LogP contribution in [0, 0.1) is 10.1 Å². The Kier molecular flexibility index (Phi) is 4.39. The summed E-state index contributed by atoms with van der Waals surface area (Å²) in [4.78, 5) is 21.8. The van der Waals surface area contributed by atoms with Crippen LogP contribution in [0.3, 0.4) is 0 Å². The predicted octanol–water partition coefficient (Wildman–Crippen LogP) is 2.66. The molecule has 1 N–H and O–H groups in total. The maximum absolute atomic E-state index is 11.7. The lowest BCUT2D eigenvalue weighted by molar-refractivity contribution is -0.384. The van der Waals surface area contributed by atoms with E-state index < -0.39 is 4.92 Å². The first-order chi connectivity index (χ1) is 7.91. The lowest BCUT2D eigenvalue weighted by atomic mass is 10.2. The summed E-state index contributed by atoms with van der Waals surface area (Å²) in [5.41, 5.74) is 0.925. The highest BCUT2D eigenvalue weighted by Crippen LogP contribution is 2.22. The minimum absolute atomic E-state index is 0.117. The van der Waals surface area contributed by atoms with E-state index in [-0.39, 0.29) is 17.2 Å². The molecule has 90 valence electrons. The Bertz CT molecular complexity index is 486. The first-order valence-electron chi connectivity index (χ1n) is 4.78. The molecule has 1 aromatic carbocycles. The standard InChI is InChI=1S/C11H11BrN2O3/c1-7(2)6-13-11(15)9-5-8(14(16)17)3-4-10(9)12/h3-5H,1,6H2,2H3,(H,13,15). The van der Waals surface area contributed by atoms with Gasteiger partial charge in [-0.1, -0.05) is 12.2 Å². The SMILES string of the molecule is C=C(C)CNC(=O)c1cc([N+](=O)[O-])ccc1Br. The van der Waals surface area contributed by atoms with E-state index in [1.807, 2.05) is 0 Å². The average Bonchev–Trinajstić information content (AvgIpc) is 2.26. The number of amides is 1. The van der Waals surface area contributed by atoms with Gasteiger partial charge in [0.2, 0.25) is 0 Å². The van der Waals surface area contributed by atoms with Gasteiger partial charge in [-0.15, -0.1) is 0 Å². The monoisotopic (exact) mass is 298 g/mol. The van der Waals surface area contributed by atoms with Crippen LogP contribution in [-0.2, 0) is 0 Å². The Morgan fingerprint density at radius 1 is 1.59 bits per heavy atom. The van der Waals surface area contributed by atoms with Crippen molar-refractivity contribution in [3.8, 4) is 0 Å². The number of rotatable bonds is 4. The lowest BCUT2D eigenvalue weighted by Gasteiger charge is -2.06. The topological polar surface area (TPSA) is 72.2 Å². The highest BCUT2D eigenvalue weighted by molar-refractivity contribution is 9.10. The maximum atomic E-state index is 11.7. The van der Waals surface area contributed by atoms with Crippen molar-refractivity contribution in [1.82, 2.24) is 5.32 Å². The van der Waals surface area contributed by atoms with Crippen LogP contribution in [0.5, 0.6) is 0 Å². The molecule has 6 heteroatoms. The molecular weight excluding hydrogens is 288 g/mol. The minimum atomic E-state index is -0.540. The average molecular weight is 299 g/mol. The Hall–Kier alpha value is -1.69. The minimum Gasteiger partial charge on any atom is -0.348 e. The van der Waals surface area contributed by atoms with E-state index in [0.717, 1.165) is 5.57 Å². The van der Waals surface area contributed by atoms with Gasteiger partial charge in [-0.05, 0) is 28.9 Å². The van der Waals surface area contributed by atoms with E-state index >= 15 is 0 Å². The van der Waals surface area contributed by atoms with Gasteiger partial charge in [0.05, 0.1) is 10.5 Å². The Morgan fingerprint density at radius 2 is 2.24 bits per heavy atom. The fourth-order valence-electron chi connectivity index (χ4n) is 1.13. The van der Waals surface area contributed by atoms with Crippen LogP contribution in [0.15, 0.2) is 34.8 Å². The first-order valence-corrected chi connectivity index (χ1v) is 5.57. The van der Waals surface area contributed by atoms with E-state index in [2.05, 4.69) is 27.8 Å². The molecule has 0 bridgehead atoms. The van der Waals surface area contributed by atoms with Crippen molar-refractivity contribution in [2.45, 2.75) is 6.92 Å². The maximum Gasteiger partial charge on any atom is 0.270 e. The molecule has 5 nitrogen and oxygen atoms in total. The third-order valence-electron chi connectivity index (χ3n) is 1.96. The second kappa shape index (κ2) is 5.58. The molecular formula is C11H11BrN2O3. The van der Waals surface area contributed by atoms with Crippen molar-refractivity contribution in [2.75, 3.05) is 6.54 Å². The number of carbonyl (C=O) groups excluding carboxylic acids is 1. The molecule has 0 heterocycles. The van der Waals surface area contributed by atoms with Gasteiger partial charge in [-0.3, -0.25) is 14.9 Å². The number of nitrogens with zero attached hydrogens (tertiary/aromatic N) is 1. The summed E-state index contributed by atoms with van der Waals surface area (Å²) in [6, 6.07) is 4.05. The van der Waals surface area contributed by atoms with Gasteiger partial charge < -0.3 is 5.32 Å². The van der Waals surface area contributed by atoms with Crippen LogP contribution in [0.1, 0.15) is 17.3 Å². The molecule has 0 radical (unpaired) electrons. The molecule has 0 spiro atoms. The third kappa shape index (κ3) is 3.67. The van der Waals surface area contributed by atoms with Crippen molar-refractivity contribution in [1.29, 1.82) is 0 Å². The van der Waals surface area contributed by atoms with Gasteiger partial charge in [0.1, 0.15) is 0 Å². The second-order valence-electron chi connectivity index (χ2n) is 3.56. The highest BCUT2D eigenvalue weighted by atomic mass is 79.9. The molecule has 0 atom stereocenters.